The third-order valence-corrected chi connectivity index (χ3v) is 10.5. The van der Waals surface area contributed by atoms with Gasteiger partial charge in [0.05, 0.1) is 10.5 Å². The molecule has 7 rings (SSSR count). The standard InChI is InChI=1S/C32H38Cl2N8O3/c33-24-17-20-6-7-21(18-26(43)40-13-8-22(9-14-40)42-25-5-4-10-35-30(25)36-32(42)45)31(44)41(16-15-39-11-2-1-3-12-39)19-23(20)27-28(24)37-38-29(27)34/h4-5,10,17,21-22H,1-3,6-9,11-16,18-19H2,(H,37,38)(H,35,36,45)/t21-/m0/s1. The van der Waals surface area contributed by atoms with Crippen LogP contribution in [0.5, 0.6) is 0 Å². The van der Waals surface area contributed by atoms with E-state index in [1.807, 2.05) is 28.0 Å². The van der Waals surface area contributed by atoms with E-state index in [1.54, 1.807) is 10.8 Å². The molecule has 0 saturated carbocycles. The smallest absolute Gasteiger partial charge is 0.327 e. The number of hydrogen-bond acceptors (Lipinski definition) is 6. The van der Waals surface area contributed by atoms with Crippen LogP contribution in [0.4, 0.5) is 0 Å². The molecule has 13 heteroatoms. The Hall–Kier alpha value is -3.41. The normalized spacial score (nSPS) is 20.5. The number of rotatable bonds is 6. The second kappa shape index (κ2) is 12.8. The number of aromatic nitrogens is 5. The molecule has 1 atom stereocenters. The minimum atomic E-state index is -0.429. The summed E-state index contributed by atoms with van der Waals surface area (Å²) in [4.78, 5) is 53.9. The second-order valence-electron chi connectivity index (χ2n) is 12.6. The van der Waals surface area contributed by atoms with E-state index in [-0.39, 0.29) is 30.0 Å². The Morgan fingerprint density at radius 1 is 1.02 bits per heavy atom. The van der Waals surface area contributed by atoms with Crippen molar-refractivity contribution in [3.8, 4) is 0 Å². The molecule has 11 nitrogen and oxygen atoms in total. The van der Waals surface area contributed by atoms with E-state index in [0.29, 0.717) is 73.2 Å². The molecule has 0 aliphatic carbocycles. The molecule has 3 aliphatic heterocycles. The average molecular weight is 654 g/mol. The van der Waals surface area contributed by atoms with Crippen LogP contribution in [-0.4, -0.2) is 90.5 Å². The van der Waals surface area contributed by atoms with Crippen molar-refractivity contribution in [1.82, 2.24) is 39.4 Å². The zero-order valence-corrected chi connectivity index (χ0v) is 26.7. The fraction of sp³-hybridized carbons (Fsp3) is 0.531. The number of pyridine rings is 1. The Morgan fingerprint density at radius 3 is 2.62 bits per heavy atom. The lowest BCUT2D eigenvalue weighted by atomic mass is 9.88. The van der Waals surface area contributed by atoms with E-state index in [9.17, 15) is 14.4 Å². The first kappa shape index (κ1) is 30.3. The Balaban J connectivity index is 1.08. The number of amides is 2. The molecular weight excluding hydrogens is 615 g/mol. The summed E-state index contributed by atoms with van der Waals surface area (Å²) in [5.41, 5.74) is 3.83. The van der Waals surface area contributed by atoms with Crippen LogP contribution < -0.4 is 5.69 Å². The first-order valence-electron chi connectivity index (χ1n) is 16.1. The molecule has 0 spiro atoms. The van der Waals surface area contributed by atoms with Crippen LogP contribution in [0.2, 0.25) is 10.2 Å². The number of piperidine rings is 2. The molecule has 0 radical (unpaired) electrons. The van der Waals surface area contributed by atoms with Gasteiger partial charge in [-0.15, -0.1) is 0 Å². The monoisotopic (exact) mass is 652 g/mol. The summed E-state index contributed by atoms with van der Waals surface area (Å²) in [6.07, 6.45) is 7.94. The number of nitrogens with one attached hydrogen (secondary N) is 2. The van der Waals surface area contributed by atoms with Crippen molar-refractivity contribution in [2.75, 3.05) is 39.3 Å². The summed E-state index contributed by atoms with van der Waals surface area (Å²) in [6, 6.07) is 5.65. The maximum Gasteiger partial charge on any atom is 0.327 e. The molecule has 2 fully saturated rings. The maximum atomic E-state index is 14.2. The van der Waals surface area contributed by atoms with Crippen LogP contribution >= 0.6 is 23.2 Å². The van der Waals surface area contributed by atoms with Crippen molar-refractivity contribution in [2.24, 2.45) is 5.92 Å². The molecule has 238 valence electrons. The fourth-order valence-electron chi connectivity index (χ4n) is 7.48. The minimum Gasteiger partial charge on any atom is -0.343 e. The Morgan fingerprint density at radius 2 is 1.82 bits per heavy atom. The van der Waals surface area contributed by atoms with E-state index < -0.39 is 5.92 Å². The van der Waals surface area contributed by atoms with Gasteiger partial charge in [-0.1, -0.05) is 29.6 Å². The Kier molecular flexibility index (Phi) is 8.58. The SMILES string of the molecule is O=C(C[C@@H]1CCc2cc(Cl)c3n[nH]c(Cl)c3c2CN(CCN2CCCCC2)C1=O)N1CCC(n2c(=O)[nH]c3ncccc32)CC1. The third-order valence-electron chi connectivity index (χ3n) is 9.94. The van der Waals surface area contributed by atoms with Gasteiger partial charge < -0.3 is 14.7 Å². The van der Waals surface area contributed by atoms with E-state index in [2.05, 4.69) is 25.1 Å². The van der Waals surface area contributed by atoms with Gasteiger partial charge in [0.15, 0.2) is 5.65 Å². The van der Waals surface area contributed by atoms with Gasteiger partial charge in [-0.25, -0.2) is 9.78 Å². The minimum absolute atomic E-state index is 0.0112. The Bertz CT molecular complexity index is 1780. The molecule has 3 aliphatic rings. The number of imidazole rings is 1. The largest absolute Gasteiger partial charge is 0.343 e. The highest BCUT2D eigenvalue weighted by molar-refractivity contribution is 6.39. The molecule has 2 saturated heterocycles. The van der Waals surface area contributed by atoms with Crippen LogP contribution in [0.3, 0.4) is 0 Å². The lowest BCUT2D eigenvalue weighted by Gasteiger charge is -2.36. The summed E-state index contributed by atoms with van der Waals surface area (Å²) in [5, 5.41) is 8.90. The number of benzene rings is 1. The summed E-state index contributed by atoms with van der Waals surface area (Å²) in [7, 11) is 0. The quantitative estimate of drug-likeness (QED) is 0.315. The van der Waals surface area contributed by atoms with Crippen molar-refractivity contribution in [1.29, 1.82) is 0 Å². The average Bonchev–Trinajstić information content (AvgIpc) is 3.61. The molecule has 1 aromatic carbocycles. The number of halogens is 2. The number of hydrogen-bond donors (Lipinski definition) is 2. The van der Waals surface area contributed by atoms with Crippen LogP contribution in [0, 0.1) is 5.92 Å². The van der Waals surface area contributed by atoms with Gasteiger partial charge in [-0.05, 0) is 80.9 Å². The number of fused-ring (bicyclic) bond motifs is 4. The summed E-state index contributed by atoms with van der Waals surface area (Å²) in [6.45, 7) is 4.96. The topological polar surface area (TPSA) is 123 Å². The van der Waals surface area contributed by atoms with Crippen LogP contribution in [0.1, 0.15) is 62.1 Å². The van der Waals surface area contributed by atoms with E-state index in [4.69, 9.17) is 23.2 Å². The number of aryl methyl sites for hydroxylation is 1. The van der Waals surface area contributed by atoms with Gasteiger partial charge in [-0.2, -0.15) is 5.10 Å². The molecule has 3 aromatic heterocycles. The predicted molar refractivity (Wildman–Crippen MR) is 173 cm³/mol. The highest BCUT2D eigenvalue weighted by Gasteiger charge is 2.34. The molecule has 2 amide bonds. The molecule has 6 heterocycles. The predicted octanol–water partition coefficient (Wildman–Crippen LogP) is 4.54. The number of aromatic amines is 2. The van der Waals surface area contributed by atoms with Gasteiger partial charge in [0, 0.05) is 62.7 Å². The third kappa shape index (κ3) is 5.97. The van der Waals surface area contributed by atoms with E-state index in [0.717, 1.165) is 41.7 Å². The van der Waals surface area contributed by atoms with E-state index in [1.165, 1.54) is 19.3 Å². The zero-order valence-electron chi connectivity index (χ0n) is 25.2. The molecule has 4 aromatic rings. The maximum absolute atomic E-state index is 14.2. The number of carbonyl (C=O) groups is 2. The van der Waals surface area contributed by atoms with Crippen molar-refractivity contribution < 1.29 is 9.59 Å². The summed E-state index contributed by atoms with van der Waals surface area (Å²) in [5.74, 6) is -0.425. The lowest BCUT2D eigenvalue weighted by Crippen LogP contribution is -2.45. The van der Waals surface area contributed by atoms with E-state index >= 15 is 0 Å². The zero-order chi connectivity index (χ0) is 31.1. The first-order chi connectivity index (χ1) is 21.9. The highest BCUT2D eigenvalue weighted by Crippen LogP contribution is 2.37. The second-order valence-corrected chi connectivity index (χ2v) is 13.4. The number of carbonyl (C=O) groups excluding carboxylic acids is 2. The van der Waals surface area contributed by atoms with Gasteiger partial charge in [0.2, 0.25) is 11.8 Å². The molecule has 2 N–H and O–H groups in total. The first-order valence-corrected chi connectivity index (χ1v) is 16.8. The molecule has 0 bridgehead atoms. The summed E-state index contributed by atoms with van der Waals surface area (Å²) >= 11 is 13.2. The van der Waals surface area contributed by atoms with Gasteiger partial charge in [0.25, 0.3) is 0 Å². The highest BCUT2D eigenvalue weighted by atomic mass is 35.5. The molecular formula is C32H38Cl2N8O3. The van der Waals surface area contributed by atoms with Crippen molar-refractivity contribution in [3.05, 3.63) is 56.2 Å². The fourth-order valence-corrected chi connectivity index (χ4v) is 7.99. The van der Waals surface area contributed by atoms with Gasteiger partial charge in [0.1, 0.15) is 10.7 Å². The van der Waals surface area contributed by atoms with Crippen LogP contribution in [0.15, 0.2) is 29.2 Å². The van der Waals surface area contributed by atoms with Crippen molar-refractivity contribution in [2.45, 2.75) is 64.0 Å². The van der Waals surface area contributed by atoms with Gasteiger partial charge in [-0.3, -0.25) is 24.2 Å². The number of H-pyrrole nitrogens is 2. The van der Waals surface area contributed by atoms with Crippen molar-refractivity contribution >= 4 is 57.1 Å². The van der Waals surface area contributed by atoms with Crippen LogP contribution in [0.25, 0.3) is 22.1 Å². The lowest BCUT2D eigenvalue weighted by molar-refractivity contribution is -0.143. The summed E-state index contributed by atoms with van der Waals surface area (Å²) < 4.78 is 1.77. The number of likely N-dealkylation sites (tertiary alicyclic amines) is 2. The van der Waals surface area contributed by atoms with Gasteiger partial charge >= 0.3 is 5.69 Å². The number of nitrogens with zero attached hydrogens (tertiary/aromatic N) is 6. The Labute approximate surface area is 270 Å². The molecule has 45 heavy (non-hydrogen) atoms. The molecule has 0 unspecified atom stereocenters. The van der Waals surface area contributed by atoms with Crippen molar-refractivity contribution in [3.63, 3.8) is 0 Å². The van der Waals surface area contributed by atoms with Crippen LogP contribution in [-0.2, 0) is 22.6 Å².